The minimum absolute atomic E-state index is 0.140. The minimum Gasteiger partial charge on any atom is -0.392 e. The fourth-order valence-electron chi connectivity index (χ4n) is 3.92. The Bertz CT molecular complexity index is 354. The van der Waals surface area contributed by atoms with Gasteiger partial charge >= 0.3 is 0 Å². The van der Waals surface area contributed by atoms with Crippen LogP contribution in [0.15, 0.2) is 0 Å². The number of fused-ring (bicyclic) bond motifs is 2. The van der Waals surface area contributed by atoms with Crippen molar-refractivity contribution in [3.8, 4) is 24.7 Å². The van der Waals surface area contributed by atoms with E-state index in [2.05, 4.69) is 35.5 Å². The van der Waals surface area contributed by atoms with Crippen LogP contribution in [-0.2, 0) is 0 Å². The zero-order valence-electron chi connectivity index (χ0n) is 11.3. The van der Waals surface area contributed by atoms with Gasteiger partial charge in [-0.25, -0.2) is 0 Å². The second kappa shape index (κ2) is 4.59. The Morgan fingerprint density at radius 2 is 1.33 bits per heavy atom. The van der Waals surface area contributed by atoms with Gasteiger partial charge in [0.1, 0.15) is 0 Å². The zero-order chi connectivity index (χ0) is 13.4. The first-order valence-corrected chi connectivity index (χ1v) is 6.43. The highest BCUT2D eigenvalue weighted by molar-refractivity contribution is 5.10. The van der Waals surface area contributed by atoms with Crippen LogP contribution in [0.3, 0.4) is 0 Å². The number of hydrogen-bond donors (Lipinski definition) is 1. The summed E-state index contributed by atoms with van der Waals surface area (Å²) in [6.07, 6.45) is 10.5. The van der Waals surface area contributed by atoms with Crippen molar-refractivity contribution in [2.45, 2.75) is 20.0 Å². The van der Waals surface area contributed by atoms with Gasteiger partial charge in [0.25, 0.3) is 0 Å². The number of nitrogens with zero attached hydrogens (tertiary/aromatic N) is 2. The summed E-state index contributed by atoms with van der Waals surface area (Å²) < 4.78 is 0. The molecule has 0 spiro atoms. The first-order valence-electron chi connectivity index (χ1n) is 6.43. The summed E-state index contributed by atoms with van der Waals surface area (Å²) in [5, 5.41) is 10.6. The van der Waals surface area contributed by atoms with E-state index in [9.17, 15) is 5.11 Å². The Labute approximate surface area is 110 Å². The molecule has 2 heterocycles. The smallest absolute Gasteiger partial charge is 0.0696 e. The summed E-state index contributed by atoms with van der Waals surface area (Å²) in [5.41, 5.74) is -0.280. The second-order valence-electron chi connectivity index (χ2n) is 6.41. The van der Waals surface area contributed by atoms with E-state index in [1.54, 1.807) is 0 Å². The van der Waals surface area contributed by atoms with Gasteiger partial charge in [-0.05, 0) is 0 Å². The minimum atomic E-state index is -0.284. The molecule has 0 atom stereocenters. The lowest BCUT2D eigenvalue weighted by atomic mass is 9.63. The Morgan fingerprint density at radius 3 is 1.61 bits per heavy atom. The summed E-state index contributed by atoms with van der Waals surface area (Å²) in [4.78, 5) is 4.56. The van der Waals surface area contributed by atoms with E-state index >= 15 is 0 Å². The van der Waals surface area contributed by atoms with E-state index in [0.29, 0.717) is 13.1 Å². The van der Waals surface area contributed by atoms with Crippen LogP contribution in [0.2, 0.25) is 0 Å². The maximum atomic E-state index is 10.6. The SMILES string of the molecule is C#CCN1CC2(C)CN(CC#C)CC(C)(C1)C2O. The molecule has 0 aromatic carbocycles. The molecule has 98 valence electrons. The standard InChI is InChI=1S/C15H22N2O/c1-5-7-16-9-14(3)11-17(8-6-2)12-15(4,10-16)13(14)18/h1-2,13,18H,7-12H2,3-4H3. The monoisotopic (exact) mass is 246 g/mol. The topological polar surface area (TPSA) is 26.7 Å². The molecule has 3 nitrogen and oxygen atoms in total. The lowest BCUT2D eigenvalue weighted by Crippen LogP contribution is -2.70. The van der Waals surface area contributed by atoms with Crippen molar-refractivity contribution in [1.29, 1.82) is 0 Å². The van der Waals surface area contributed by atoms with E-state index in [0.717, 1.165) is 26.2 Å². The van der Waals surface area contributed by atoms with E-state index in [1.807, 2.05) is 0 Å². The average molecular weight is 246 g/mol. The van der Waals surface area contributed by atoms with Crippen LogP contribution in [0.5, 0.6) is 0 Å². The fourth-order valence-corrected chi connectivity index (χ4v) is 3.92. The first kappa shape index (κ1) is 13.4. The molecule has 0 aliphatic carbocycles. The highest BCUT2D eigenvalue weighted by atomic mass is 16.3. The maximum absolute atomic E-state index is 10.6. The van der Waals surface area contributed by atoms with Gasteiger partial charge in [0.15, 0.2) is 0 Å². The van der Waals surface area contributed by atoms with Crippen LogP contribution in [0, 0.1) is 35.5 Å². The molecule has 3 heteroatoms. The van der Waals surface area contributed by atoms with Gasteiger partial charge in [0.2, 0.25) is 0 Å². The molecule has 0 aromatic heterocycles. The van der Waals surface area contributed by atoms with Crippen molar-refractivity contribution < 1.29 is 5.11 Å². The third kappa shape index (κ3) is 2.15. The summed E-state index contributed by atoms with van der Waals surface area (Å²) >= 11 is 0. The molecule has 2 fully saturated rings. The molecule has 2 aliphatic heterocycles. The van der Waals surface area contributed by atoms with Gasteiger partial charge in [-0.2, -0.15) is 0 Å². The van der Waals surface area contributed by atoms with Gasteiger partial charge in [-0.1, -0.05) is 25.7 Å². The normalized spacial score (nSPS) is 41.1. The number of aliphatic hydroxyl groups is 1. The van der Waals surface area contributed by atoms with E-state index in [4.69, 9.17) is 12.8 Å². The zero-order valence-corrected chi connectivity index (χ0v) is 11.3. The largest absolute Gasteiger partial charge is 0.392 e. The molecule has 2 bridgehead atoms. The van der Waals surface area contributed by atoms with Crippen LogP contribution < -0.4 is 0 Å². The van der Waals surface area contributed by atoms with Gasteiger partial charge in [0, 0.05) is 37.0 Å². The molecule has 0 saturated carbocycles. The number of aliphatic hydroxyl groups excluding tert-OH is 1. The third-order valence-electron chi connectivity index (χ3n) is 4.29. The number of likely N-dealkylation sites (tertiary alicyclic amines) is 2. The number of terminal acetylenes is 2. The van der Waals surface area contributed by atoms with Crippen molar-refractivity contribution in [2.24, 2.45) is 10.8 Å². The molecule has 0 aromatic rings. The average Bonchev–Trinajstić information content (AvgIpc) is 2.24. The molecular formula is C15H22N2O. The van der Waals surface area contributed by atoms with Crippen molar-refractivity contribution in [2.75, 3.05) is 39.3 Å². The Kier molecular flexibility index (Phi) is 3.43. The molecule has 18 heavy (non-hydrogen) atoms. The third-order valence-corrected chi connectivity index (χ3v) is 4.29. The van der Waals surface area contributed by atoms with Gasteiger partial charge in [0.05, 0.1) is 19.2 Å². The molecule has 1 N–H and O–H groups in total. The molecule has 2 saturated heterocycles. The number of piperidine rings is 2. The fraction of sp³-hybridized carbons (Fsp3) is 0.733. The van der Waals surface area contributed by atoms with Crippen molar-refractivity contribution in [3.05, 3.63) is 0 Å². The summed E-state index contributed by atoms with van der Waals surface area (Å²) in [7, 11) is 0. The predicted molar refractivity (Wildman–Crippen MR) is 72.8 cm³/mol. The molecule has 0 amide bonds. The maximum Gasteiger partial charge on any atom is 0.0696 e. The van der Waals surface area contributed by atoms with Crippen LogP contribution in [0.25, 0.3) is 0 Å². The molecule has 0 unspecified atom stereocenters. The van der Waals surface area contributed by atoms with Crippen molar-refractivity contribution >= 4 is 0 Å². The van der Waals surface area contributed by atoms with Crippen LogP contribution in [-0.4, -0.2) is 60.3 Å². The van der Waals surface area contributed by atoms with E-state index < -0.39 is 0 Å². The molecule has 2 rings (SSSR count). The van der Waals surface area contributed by atoms with Crippen LogP contribution in [0.1, 0.15) is 13.8 Å². The van der Waals surface area contributed by atoms with Crippen molar-refractivity contribution in [1.82, 2.24) is 9.80 Å². The Hall–Kier alpha value is -1.00. The predicted octanol–water partition coefficient (Wildman–Crippen LogP) is 0.257. The van der Waals surface area contributed by atoms with E-state index in [-0.39, 0.29) is 16.9 Å². The number of rotatable bonds is 2. The summed E-state index contributed by atoms with van der Waals surface area (Å²) in [6, 6.07) is 0. The first-order chi connectivity index (χ1) is 8.43. The summed E-state index contributed by atoms with van der Waals surface area (Å²) in [5.74, 6) is 5.42. The van der Waals surface area contributed by atoms with Crippen LogP contribution >= 0.6 is 0 Å². The second-order valence-corrected chi connectivity index (χ2v) is 6.41. The molecule has 2 aliphatic rings. The van der Waals surface area contributed by atoms with Gasteiger partial charge < -0.3 is 5.11 Å². The van der Waals surface area contributed by atoms with Gasteiger partial charge in [-0.3, -0.25) is 9.80 Å². The lowest BCUT2D eigenvalue weighted by molar-refractivity contribution is -0.170. The molecular weight excluding hydrogens is 224 g/mol. The van der Waals surface area contributed by atoms with Crippen LogP contribution in [0.4, 0.5) is 0 Å². The lowest BCUT2D eigenvalue weighted by Gasteiger charge is -2.59. The van der Waals surface area contributed by atoms with Gasteiger partial charge in [-0.15, -0.1) is 12.8 Å². The highest BCUT2D eigenvalue weighted by Crippen LogP contribution is 2.45. The Balaban J connectivity index is 2.23. The van der Waals surface area contributed by atoms with E-state index in [1.165, 1.54) is 0 Å². The quantitative estimate of drug-likeness (QED) is 0.708. The summed E-state index contributed by atoms with van der Waals surface area (Å²) in [6.45, 7) is 8.97. The molecule has 0 radical (unpaired) electrons. The number of hydrogen-bond acceptors (Lipinski definition) is 3. The highest BCUT2D eigenvalue weighted by Gasteiger charge is 2.55. The Morgan fingerprint density at radius 1 is 1.00 bits per heavy atom. The van der Waals surface area contributed by atoms with Crippen molar-refractivity contribution in [3.63, 3.8) is 0 Å².